The van der Waals surface area contributed by atoms with Gasteiger partial charge in [0.2, 0.25) is 0 Å². The molecule has 150 valence electrons. The van der Waals surface area contributed by atoms with Crippen molar-refractivity contribution in [2.24, 2.45) is 7.05 Å². The quantitative estimate of drug-likeness (QED) is 0.762. The fourth-order valence-corrected chi connectivity index (χ4v) is 3.34. The minimum atomic E-state index is -0.792. The zero-order chi connectivity index (χ0) is 20.8. The molecule has 0 saturated carbocycles. The minimum Gasteiger partial charge on any atom is -0.444 e. The van der Waals surface area contributed by atoms with Crippen molar-refractivity contribution < 1.29 is 14.3 Å². The lowest BCUT2D eigenvalue weighted by molar-refractivity contribution is -0.123. The van der Waals surface area contributed by atoms with Crippen molar-refractivity contribution in [1.29, 1.82) is 0 Å². The predicted octanol–water partition coefficient (Wildman–Crippen LogP) is 3.84. The number of carbonyl (C=O) groups excluding carboxylic acids is 2. The van der Waals surface area contributed by atoms with Gasteiger partial charge in [-0.1, -0.05) is 11.6 Å². The summed E-state index contributed by atoms with van der Waals surface area (Å²) in [4.78, 5) is 29.2. The lowest BCUT2D eigenvalue weighted by Crippen LogP contribution is -2.43. The van der Waals surface area contributed by atoms with Crippen LogP contribution in [0.5, 0.6) is 0 Å². The van der Waals surface area contributed by atoms with E-state index in [0.29, 0.717) is 10.7 Å². The third kappa shape index (κ3) is 3.71. The van der Waals surface area contributed by atoms with Crippen molar-refractivity contribution in [3.8, 4) is 0 Å². The second-order valence-electron chi connectivity index (χ2n) is 8.01. The molecule has 28 heavy (non-hydrogen) atoms. The van der Waals surface area contributed by atoms with Crippen LogP contribution in [0.15, 0.2) is 24.4 Å². The number of fused-ring (bicyclic) bond motifs is 1. The highest BCUT2D eigenvalue weighted by Crippen LogP contribution is 2.37. The molecular formula is C20H25ClN4O3. The van der Waals surface area contributed by atoms with Gasteiger partial charge < -0.3 is 9.64 Å². The molecule has 0 N–H and O–H groups in total. The molecule has 0 radical (unpaired) electrons. The second kappa shape index (κ2) is 7.13. The average Bonchev–Trinajstić information content (AvgIpc) is 3.14. The molecule has 0 unspecified atom stereocenters. The lowest BCUT2D eigenvalue weighted by Gasteiger charge is -2.30. The summed E-state index contributed by atoms with van der Waals surface area (Å²) in [6, 6.07) is 4.59. The molecule has 1 atom stereocenters. The van der Waals surface area contributed by atoms with Crippen LogP contribution in [-0.2, 0) is 23.1 Å². The molecule has 2 amide bonds. The highest BCUT2D eigenvalue weighted by molar-refractivity contribution is 6.31. The van der Waals surface area contributed by atoms with Gasteiger partial charge in [-0.3, -0.25) is 14.4 Å². The Morgan fingerprint density at radius 3 is 2.61 bits per heavy atom. The maximum atomic E-state index is 13.4. The van der Waals surface area contributed by atoms with Gasteiger partial charge in [0.15, 0.2) is 0 Å². The van der Waals surface area contributed by atoms with Gasteiger partial charge in [0.1, 0.15) is 11.6 Å². The zero-order valence-corrected chi connectivity index (χ0v) is 17.7. The van der Waals surface area contributed by atoms with E-state index in [9.17, 15) is 9.59 Å². The highest BCUT2D eigenvalue weighted by Gasteiger charge is 2.43. The molecule has 3 rings (SSSR count). The highest BCUT2D eigenvalue weighted by atomic mass is 35.5. The van der Waals surface area contributed by atoms with Gasteiger partial charge in [-0.05, 0) is 51.5 Å². The molecule has 0 fully saturated rings. The Hall–Kier alpha value is -2.54. The Bertz CT molecular complexity index is 932. The van der Waals surface area contributed by atoms with Crippen LogP contribution in [0, 0.1) is 6.92 Å². The van der Waals surface area contributed by atoms with E-state index in [1.807, 2.05) is 13.0 Å². The Balaban J connectivity index is 1.95. The number of aromatic nitrogens is 2. The number of hydrogen-bond acceptors (Lipinski definition) is 4. The molecule has 1 aliphatic rings. The van der Waals surface area contributed by atoms with Crippen LogP contribution >= 0.6 is 11.6 Å². The molecule has 8 heteroatoms. The van der Waals surface area contributed by atoms with Gasteiger partial charge in [0.05, 0.1) is 18.4 Å². The van der Waals surface area contributed by atoms with E-state index in [4.69, 9.17) is 16.3 Å². The van der Waals surface area contributed by atoms with E-state index in [-0.39, 0.29) is 12.5 Å². The van der Waals surface area contributed by atoms with Crippen LogP contribution in [-0.4, -0.2) is 39.3 Å². The summed E-state index contributed by atoms with van der Waals surface area (Å²) in [6.07, 6.45) is 1.12. The molecule has 1 aromatic heterocycles. The summed E-state index contributed by atoms with van der Waals surface area (Å²) >= 11 is 6.10. The van der Waals surface area contributed by atoms with Crippen LogP contribution in [0.2, 0.25) is 5.02 Å². The standard InChI is InChI=1S/C20H25ClN4O3/c1-12-9-13(7-8-15(12)21)23(5)18(26)17-14-10-22-24(6)16(14)11-25(17)19(27)28-20(2,3)4/h7-10,17H,11H2,1-6H3/t17-/m0/s1. The van der Waals surface area contributed by atoms with Crippen LogP contribution in [0.1, 0.15) is 43.6 Å². The Labute approximate surface area is 169 Å². The molecule has 0 bridgehead atoms. The van der Waals surface area contributed by atoms with Crippen molar-refractivity contribution in [2.45, 2.75) is 45.9 Å². The molecule has 2 aromatic rings. The topological polar surface area (TPSA) is 67.7 Å². The summed E-state index contributed by atoms with van der Waals surface area (Å²) in [6.45, 7) is 7.55. The number of benzene rings is 1. The first-order valence-corrected chi connectivity index (χ1v) is 9.41. The summed E-state index contributed by atoms with van der Waals surface area (Å²) in [7, 11) is 3.48. The second-order valence-corrected chi connectivity index (χ2v) is 8.42. The number of aryl methyl sites for hydroxylation is 2. The molecule has 0 aliphatic carbocycles. The smallest absolute Gasteiger partial charge is 0.411 e. The first-order valence-electron chi connectivity index (χ1n) is 9.03. The van der Waals surface area contributed by atoms with Crippen LogP contribution in [0.3, 0.4) is 0 Å². The van der Waals surface area contributed by atoms with E-state index in [0.717, 1.165) is 16.8 Å². The number of carbonyl (C=O) groups is 2. The van der Waals surface area contributed by atoms with Crippen molar-refractivity contribution in [1.82, 2.24) is 14.7 Å². The normalized spacial score (nSPS) is 16.1. The Morgan fingerprint density at radius 2 is 2.00 bits per heavy atom. The van der Waals surface area contributed by atoms with E-state index >= 15 is 0 Å². The van der Waals surface area contributed by atoms with E-state index in [1.54, 1.807) is 57.9 Å². The van der Waals surface area contributed by atoms with Gasteiger partial charge in [-0.2, -0.15) is 5.10 Å². The predicted molar refractivity (Wildman–Crippen MR) is 107 cm³/mol. The lowest BCUT2D eigenvalue weighted by atomic mass is 10.1. The minimum absolute atomic E-state index is 0.237. The Morgan fingerprint density at radius 1 is 1.32 bits per heavy atom. The maximum absolute atomic E-state index is 13.4. The molecular weight excluding hydrogens is 380 g/mol. The number of ether oxygens (including phenoxy) is 1. The molecule has 0 spiro atoms. The van der Waals surface area contributed by atoms with Crippen molar-refractivity contribution in [3.63, 3.8) is 0 Å². The monoisotopic (exact) mass is 404 g/mol. The number of nitrogens with zero attached hydrogens (tertiary/aromatic N) is 4. The summed E-state index contributed by atoms with van der Waals surface area (Å²) in [5, 5.41) is 4.88. The molecule has 1 aliphatic heterocycles. The van der Waals surface area contributed by atoms with Crippen molar-refractivity contribution in [3.05, 3.63) is 46.2 Å². The summed E-state index contributed by atoms with van der Waals surface area (Å²) in [5.41, 5.74) is 2.46. The third-order valence-electron chi connectivity index (χ3n) is 4.74. The summed E-state index contributed by atoms with van der Waals surface area (Å²) < 4.78 is 7.22. The fourth-order valence-electron chi connectivity index (χ4n) is 3.23. The maximum Gasteiger partial charge on any atom is 0.411 e. The van der Waals surface area contributed by atoms with Crippen LogP contribution in [0.4, 0.5) is 10.5 Å². The van der Waals surface area contributed by atoms with Gasteiger partial charge in [0.25, 0.3) is 5.91 Å². The van der Waals surface area contributed by atoms with Gasteiger partial charge >= 0.3 is 6.09 Å². The molecule has 1 aromatic carbocycles. The molecule has 0 saturated heterocycles. The average molecular weight is 405 g/mol. The number of hydrogen-bond donors (Lipinski definition) is 0. The largest absolute Gasteiger partial charge is 0.444 e. The van der Waals surface area contributed by atoms with Crippen LogP contribution in [0.25, 0.3) is 0 Å². The third-order valence-corrected chi connectivity index (χ3v) is 5.17. The number of amides is 2. The number of rotatable bonds is 2. The Kier molecular flexibility index (Phi) is 5.14. The van der Waals surface area contributed by atoms with E-state index < -0.39 is 17.7 Å². The fraction of sp³-hybridized carbons (Fsp3) is 0.450. The molecule has 7 nitrogen and oxygen atoms in total. The first-order chi connectivity index (χ1) is 13.0. The SMILES string of the molecule is Cc1cc(N(C)C(=O)[C@@H]2c3cnn(C)c3CN2C(=O)OC(C)(C)C)ccc1Cl. The molecule has 2 heterocycles. The van der Waals surface area contributed by atoms with Gasteiger partial charge in [-0.15, -0.1) is 0 Å². The number of halogens is 1. The number of anilines is 1. The van der Waals surface area contributed by atoms with Crippen molar-refractivity contribution >= 4 is 29.3 Å². The van der Waals surface area contributed by atoms with E-state index in [2.05, 4.69) is 5.10 Å². The summed E-state index contributed by atoms with van der Waals surface area (Å²) in [5.74, 6) is -0.237. The van der Waals surface area contributed by atoms with Gasteiger partial charge in [0, 0.05) is 30.4 Å². The van der Waals surface area contributed by atoms with E-state index in [1.165, 1.54) is 9.80 Å². The zero-order valence-electron chi connectivity index (χ0n) is 17.0. The van der Waals surface area contributed by atoms with Crippen molar-refractivity contribution in [2.75, 3.05) is 11.9 Å². The van der Waals surface area contributed by atoms with Crippen LogP contribution < -0.4 is 4.90 Å². The number of likely N-dealkylation sites (N-methyl/N-ethyl adjacent to an activating group) is 1. The first kappa shape index (κ1) is 20.2. The van der Waals surface area contributed by atoms with Gasteiger partial charge in [-0.25, -0.2) is 4.79 Å².